The Bertz CT molecular complexity index is 162. The molecule has 2 atom stereocenters. The molecule has 2 heteroatoms. The van der Waals surface area contributed by atoms with Crippen molar-refractivity contribution in [2.75, 3.05) is 40.9 Å². The first-order valence-electron chi connectivity index (χ1n) is 4.72. The van der Waals surface area contributed by atoms with Crippen LogP contribution in [0.4, 0.5) is 0 Å². The molecule has 1 heterocycles. The van der Waals surface area contributed by atoms with Crippen LogP contribution in [0.5, 0.6) is 0 Å². The van der Waals surface area contributed by atoms with Crippen molar-refractivity contribution in [3.8, 4) is 0 Å². The highest BCUT2D eigenvalue weighted by atomic mass is 16.5. The van der Waals surface area contributed by atoms with E-state index in [1.807, 2.05) is 0 Å². The maximum Gasteiger partial charge on any atom is 0.0860 e. The van der Waals surface area contributed by atoms with E-state index >= 15 is 0 Å². The quantitative estimate of drug-likeness (QED) is 0.572. The second-order valence-corrected chi connectivity index (χ2v) is 5.52. The summed E-state index contributed by atoms with van der Waals surface area (Å²) in [5, 5.41) is 0. The Morgan fingerprint density at radius 3 is 2.33 bits per heavy atom. The molecule has 1 aliphatic heterocycles. The molecule has 0 aromatic heterocycles. The third-order valence-corrected chi connectivity index (χ3v) is 2.82. The summed E-state index contributed by atoms with van der Waals surface area (Å²) >= 11 is 0. The lowest BCUT2D eigenvalue weighted by atomic mass is 9.80. The molecule has 72 valence electrons. The summed E-state index contributed by atoms with van der Waals surface area (Å²) < 4.78 is 6.54. The lowest BCUT2D eigenvalue weighted by molar-refractivity contribution is -0.877. The largest absolute Gasteiger partial charge is 0.380 e. The van der Waals surface area contributed by atoms with Crippen molar-refractivity contribution in [2.24, 2.45) is 11.3 Å². The maximum atomic E-state index is 5.51. The van der Waals surface area contributed by atoms with Crippen LogP contribution in [-0.2, 0) is 4.74 Å². The monoisotopic (exact) mass is 172 g/mol. The van der Waals surface area contributed by atoms with E-state index in [1.54, 1.807) is 0 Å². The Hall–Kier alpha value is -0.0800. The van der Waals surface area contributed by atoms with Gasteiger partial charge in [-0.25, -0.2) is 0 Å². The summed E-state index contributed by atoms with van der Waals surface area (Å²) in [6.07, 6.45) is 0. The van der Waals surface area contributed by atoms with Gasteiger partial charge in [-0.15, -0.1) is 0 Å². The van der Waals surface area contributed by atoms with E-state index in [9.17, 15) is 0 Å². The molecule has 0 N–H and O–H groups in total. The van der Waals surface area contributed by atoms with Crippen LogP contribution >= 0.6 is 0 Å². The van der Waals surface area contributed by atoms with Crippen LogP contribution in [0.15, 0.2) is 0 Å². The van der Waals surface area contributed by atoms with E-state index in [1.165, 1.54) is 6.54 Å². The van der Waals surface area contributed by atoms with Gasteiger partial charge in [0.05, 0.1) is 34.3 Å². The van der Waals surface area contributed by atoms with Crippen LogP contribution in [0.1, 0.15) is 13.8 Å². The fraction of sp³-hybridized carbons (Fsp3) is 1.00. The smallest absolute Gasteiger partial charge is 0.0860 e. The SMILES string of the molecule is CC1COCC1(C)C[N+](C)(C)C. The number of nitrogens with zero attached hydrogens (tertiary/aromatic N) is 1. The van der Waals surface area contributed by atoms with E-state index in [0.717, 1.165) is 17.7 Å². The first kappa shape index (κ1) is 10.0. The Morgan fingerprint density at radius 1 is 1.42 bits per heavy atom. The molecule has 0 aliphatic carbocycles. The zero-order valence-electron chi connectivity index (χ0n) is 9.05. The van der Waals surface area contributed by atoms with E-state index in [2.05, 4.69) is 35.0 Å². The standard InChI is InChI=1S/C10H22NO/c1-9-6-12-8-10(9,2)7-11(3,4)5/h9H,6-8H2,1-5H3/q+1. The van der Waals surface area contributed by atoms with Crippen LogP contribution in [0.3, 0.4) is 0 Å². The number of ether oxygens (including phenoxy) is 1. The summed E-state index contributed by atoms with van der Waals surface area (Å²) in [5.74, 6) is 0.704. The molecule has 0 amide bonds. The average Bonchev–Trinajstić information content (AvgIpc) is 2.08. The van der Waals surface area contributed by atoms with Crippen LogP contribution in [0.25, 0.3) is 0 Å². The van der Waals surface area contributed by atoms with Crippen molar-refractivity contribution in [1.82, 2.24) is 0 Å². The van der Waals surface area contributed by atoms with Gasteiger partial charge in [0, 0.05) is 12.0 Å². The molecule has 0 bridgehead atoms. The fourth-order valence-corrected chi connectivity index (χ4v) is 2.10. The van der Waals surface area contributed by atoms with Crippen LogP contribution in [0.2, 0.25) is 0 Å². The molecule has 0 aromatic rings. The van der Waals surface area contributed by atoms with E-state index in [-0.39, 0.29) is 0 Å². The lowest BCUT2D eigenvalue weighted by Gasteiger charge is -2.35. The molecule has 0 radical (unpaired) electrons. The van der Waals surface area contributed by atoms with Gasteiger partial charge >= 0.3 is 0 Å². The second-order valence-electron chi connectivity index (χ2n) is 5.52. The van der Waals surface area contributed by atoms with Gasteiger partial charge in [-0.2, -0.15) is 0 Å². The van der Waals surface area contributed by atoms with Crippen molar-refractivity contribution in [3.63, 3.8) is 0 Å². The Morgan fingerprint density at radius 2 is 2.00 bits per heavy atom. The summed E-state index contributed by atoms with van der Waals surface area (Å²) in [4.78, 5) is 0. The molecule has 1 saturated heterocycles. The number of hydrogen-bond acceptors (Lipinski definition) is 1. The first-order chi connectivity index (χ1) is 5.33. The molecular formula is C10H22NO+. The summed E-state index contributed by atoms with van der Waals surface area (Å²) in [6.45, 7) is 7.71. The van der Waals surface area contributed by atoms with Gasteiger partial charge in [-0.05, 0) is 5.92 Å². The summed E-state index contributed by atoms with van der Waals surface area (Å²) in [6, 6.07) is 0. The van der Waals surface area contributed by atoms with Gasteiger partial charge in [0.2, 0.25) is 0 Å². The Kier molecular flexibility index (Phi) is 2.50. The molecule has 2 nitrogen and oxygen atoms in total. The van der Waals surface area contributed by atoms with Crippen molar-refractivity contribution in [1.29, 1.82) is 0 Å². The van der Waals surface area contributed by atoms with E-state index < -0.39 is 0 Å². The highest BCUT2D eigenvalue weighted by molar-refractivity contribution is 4.84. The van der Waals surface area contributed by atoms with E-state index in [0.29, 0.717) is 11.3 Å². The number of rotatable bonds is 2. The van der Waals surface area contributed by atoms with Crippen molar-refractivity contribution >= 4 is 0 Å². The topological polar surface area (TPSA) is 9.23 Å². The zero-order valence-corrected chi connectivity index (χ0v) is 9.05. The summed E-state index contributed by atoms with van der Waals surface area (Å²) in [7, 11) is 6.74. The van der Waals surface area contributed by atoms with Crippen molar-refractivity contribution < 1.29 is 9.22 Å². The molecular weight excluding hydrogens is 150 g/mol. The first-order valence-corrected chi connectivity index (χ1v) is 4.72. The van der Waals surface area contributed by atoms with Crippen LogP contribution in [-0.4, -0.2) is 45.4 Å². The molecule has 1 aliphatic rings. The number of quaternary nitrogens is 1. The minimum Gasteiger partial charge on any atom is -0.380 e. The normalized spacial score (nSPS) is 37.2. The van der Waals surface area contributed by atoms with Gasteiger partial charge < -0.3 is 9.22 Å². The average molecular weight is 172 g/mol. The van der Waals surface area contributed by atoms with Gasteiger partial charge in [-0.1, -0.05) is 13.8 Å². The van der Waals surface area contributed by atoms with Crippen LogP contribution < -0.4 is 0 Å². The molecule has 0 aromatic carbocycles. The van der Waals surface area contributed by atoms with Crippen molar-refractivity contribution in [2.45, 2.75) is 13.8 Å². The third-order valence-electron chi connectivity index (χ3n) is 2.82. The summed E-state index contributed by atoms with van der Waals surface area (Å²) in [5.41, 5.74) is 0.387. The zero-order chi connectivity index (χ0) is 9.41. The Balaban J connectivity index is 2.60. The minimum atomic E-state index is 0.387. The lowest BCUT2D eigenvalue weighted by Crippen LogP contribution is -2.46. The maximum absolute atomic E-state index is 5.51. The van der Waals surface area contributed by atoms with Gasteiger partial charge in [0.1, 0.15) is 0 Å². The van der Waals surface area contributed by atoms with Crippen molar-refractivity contribution in [3.05, 3.63) is 0 Å². The predicted molar refractivity (Wildman–Crippen MR) is 51.0 cm³/mol. The third kappa shape index (κ3) is 2.20. The van der Waals surface area contributed by atoms with Gasteiger partial charge in [0.25, 0.3) is 0 Å². The minimum absolute atomic E-state index is 0.387. The molecule has 1 rings (SSSR count). The molecule has 0 saturated carbocycles. The molecule has 2 unspecified atom stereocenters. The molecule has 1 fully saturated rings. The van der Waals surface area contributed by atoms with Crippen LogP contribution in [0, 0.1) is 11.3 Å². The van der Waals surface area contributed by atoms with Gasteiger partial charge in [-0.3, -0.25) is 0 Å². The second kappa shape index (κ2) is 3.00. The van der Waals surface area contributed by atoms with E-state index in [4.69, 9.17) is 4.74 Å². The molecule has 0 spiro atoms. The number of hydrogen-bond donors (Lipinski definition) is 0. The Labute approximate surface area is 76.1 Å². The molecule has 12 heavy (non-hydrogen) atoms. The highest BCUT2D eigenvalue weighted by Crippen LogP contribution is 2.34. The predicted octanol–water partition coefficient (Wildman–Crippen LogP) is 1.37. The fourth-order valence-electron chi connectivity index (χ4n) is 2.10. The highest BCUT2D eigenvalue weighted by Gasteiger charge is 2.41. The van der Waals surface area contributed by atoms with Gasteiger partial charge in [0.15, 0.2) is 0 Å².